The molecular formula is C15H21N3O2. The Balaban J connectivity index is 2.18. The van der Waals surface area contributed by atoms with Crippen molar-refractivity contribution in [2.24, 2.45) is 0 Å². The lowest BCUT2D eigenvalue weighted by molar-refractivity contribution is -0.134. The van der Waals surface area contributed by atoms with Crippen molar-refractivity contribution in [1.82, 2.24) is 15.2 Å². The van der Waals surface area contributed by atoms with Crippen molar-refractivity contribution < 1.29 is 9.59 Å². The first kappa shape index (κ1) is 14.5. The molecule has 0 aliphatic carbocycles. The number of amides is 2. The number of aromatic nitrogens is 1. The number of carbonyl (C=O) groups excluding carboxylic acids is 2. The van der Waals surface area contributed by atoms with E-state index >= 15 is 0 Å². The van der Waals surface area contributed by atoms with Crippen molar-refractivity contribution in [2.75, 3.05) is 6.54 Å². The standard InChI is InChI=1S/C15H21N3O2/c1-3-11-6-5-8-16-13(11)10-18-9-7-14(19)17-12(4-2)15(18)20/h5-6,8,12H,3-4,7,9-10H2,1-2H3,(H,17,19). The SMILES string of the molecule is CCc1cccnc1CN1CCC(=O)NC(CC)C1=O. The third-order valence-corrected chi connectivity index (χ3v) is 3.67. The molecule has 1 N–H and O–H groups in total. The Labute approximate surface area is 119 Å². The molecule has 0 spiro atoms. The molecule has 5 heteroatoms. The predicted molar refractivity (Wildman–Crippen MR) is 75.9 cm³/mol. The highest BCUT2D eigenvalue weighted by molar-refractivity contribution is 5.89. The Morgan fingerprint density at radius 1 is 1.40 bits per heavy atom. The molecule has 1 fully saturated rings. The van der Waals surface area contributed by atoms with Crippen molar-refractivity contribution >= 4 is 11.8 Å². The molecule has 5 nitrogen and oxygen atoms in total. The summed E-state index contributed by atoms with van der Waals surface area (Å²) in [7, 11) is 0. The lowest BCUT2D eigenvalue weighted by Crippen LogP contribution is -2.44. The lowest BCUT2D eigenvalue weighted by Gasteiger charge is -2.23. The highest BCUT2D eigenvalue weighted by atomic mass is 16.2. The van der Waals surface area contributed by atoms with Crippen LogP contribution in [0.4, 0.5) is 0 Å². The number of pyridine rings is 1. The van der Waals surface area contributed by atoms with Crippen LogP contribution in [0.2, 0.25) is 0 Å². The molecule has 1 aromatic heterocycles. The summed E-state index contributed by atoms with van der Waals surface area (Å²) in [5, 5.41) is 2.77. The van der Waals surface area contributed by atoms with Crippen LogP contribution in [0.15, 0.2) is 18.3 Å². The van der Waals surface area contributed by atoms with Crippen molar-refractivity contribution in [3.63, 3.8) is 0 Å². The average molecular weight is 275 g/mol. The van der Waals surface area contributed by atoms with Gasteiger partial charge in [0.25, 0.3) is 0 Å². The van der Waals surface area contributed by atoms with Crippen LogP contribution in [0.3, 0.4) is 0 Å². The van der Waals surface area contributed by atoms with E-state index in [0.717, 1.165) is 17.7 Å². The van der Waals surface area contributed by atoms with Gasteiger partial charge in [-0.2, -0.15) is 0 Å². The van der Waals surface area contributed by atoms with Gasteiger partial charge < -0.3 is 10.2 Å². The Bertz CT molecular complexity index is 502. The van der Waals surface area contributed by atoms with Gasteiger partial charge in [0.05, 0.1) is 12.2 Å². The zero-order valence-electron chi connectivity index (χ0n) is 12.1. The first-order valence-electron chi connectivity index (χ1n) is 7.16. The Morgan fingerprint density at radius 3 is 2.90 bits per heavy atom. The van der Waals surface area contributed by atoms with Crippen LogP contribution in [-0.2, 0) is 22.6 Å². The molecule has 0 radical (unpaired) electrons. The van der Waals surface area contributed by atoms with Crippen molar-refractivity contribution in [2.45, 2.75) is 45.7 Å². The Kier molecular flexibility index (Phi) is 4.71. The Hall–Kier alpha value is -1.91. The molecule has 1 saturated heterocycles. The maximum Gasteiger partial charge on any atom is 0.245 e. The molecule has 1 atom stereocenters. The molecule has 0 bridgehead atoms. The van der Waals surface area contributed by atoms with Crippen LogP contribution < -0.4 is 5.32 Å². The van der Waals surface area contributed by atoms with E-state index in [0.29, 0.717) is 25.9 Å². The maximum absolute atomic E-state index is 12.4. The fourth-order valence-electron chi connectivity index (χ4n) is 2.45. The lowest BCUT2D eigenvalue weighted by atomic mass is 10.1. The summed E-state index contributed by atoms with van der Waals surface area (Å²) in [6.07, 6.45) is 3.61. The molecule has 108 valence electrons. The summed E-state index contributed by atoms with van der Waals surface area (Å²) in [5.41, 5.74) is 2.07. The third kappa shape index (κ3) is 3.15. The summed E-state index contributed by atoms with van der Waals surface area (Å²) in [6.45, 7) is 4.92. The fourth-order valence-corrected chi connectivity index (χ4v) is 2.45. The first-order valence-corrected chi connectivity index (χ1v) is 7.16. The molecule has 2 heterocycles. The number of hydrogen-bond donors (Lipinski definition) is 1. The number of nitrogens with one attached hydrogen (secondary N) is 1. The van der Waals surface area contributed by atoms with Gasteiger partial charge in [-0.15, -0.1) is 0 Å². The normalized spacial score (nSPS) is 19.7. The van der Waals surface area contributed by atoms with E-state index in [1.165, 1.54) is 0 Å². The summed E-state index contributed by atoms with van der Waals surface area (Å²) >= 11 is 0. The summed E-state index contributed by atoms with van der Waals surface area (Å²) in [6, 6.07) is 3.54. The molecule has 1 aromatic rings. The summed E-state index contributed by atoms with van der Waals surface area (Å²) < 4.78 is 0. The van der Waals surface area contributed by atoms with Gasteiger partial charge in [-0.1, -0.05) is 19.9 Å². The minimum absolute atomic E-state index is 0.00828. The monoisotopic (exact) mass is 275 g/mol. The van der Waals surface area contributed by atoms with Gasteiger partial charge in [0.1, 0.15) is 6.04 Å². The second-order valence-corrected chi connectivity index (χ2v) is 5.00. The van der Waals surface area contributed by atoms with Crippen LogP contribution >= 0.6 is 0 Å². The highest BCUT2D eigenvalue weighted by Crippen LogP contribution is 2.13. The molecular weight excluding hydrogens is 254 g/mol. The smallest absolute Gasteiger partial charge is 0.245 e. The molecule has 1 aliphatic rings. The van der Waals surface area contributed by atoms with Gasteiger partial charge in [0.15, 0.2) is 0 Å². The zero-order chi connectivity index (χ0) is 14.5. The third-order valence-electron chi connectivity index (χ3n) is 3.67. The number of hydrogen-bond acceptors (Lipinski definition) is 3. The van der Waals surface area contributed by atoms with E-state index in [4.69, 9.17) is 0 Å². The van der Waals surface area contributed by atoms with E-state index in [2.05, 4.69) is 17.2 Å². The van der Waals surface area contributed by atoms with E-state index in [9.17, 15) is 9.59 Å². The molecule has 0 aromatic carbocycles. The summed E-state index contributed by atoms with van der Waals surface area (Å²) in [5.74, 6) is -0.0597. The van der Waals surface area contributed by atoms with E-state index in [-0.39, 0.29) is 11.8 Å². The quantitative estimate of drug-likeness (QED) is 0.900. The molecule has 2 rings (SSSR count). The van der Waals surface area contributed by atoms with Crippen LogP contribution in [0.25, 0.3) is 0 Å². The topological polar surface area (TPSA) is 62.3 Å². The van der Waals surface area contributed by atoms with E-state index in [1.54, 1.807) is 11.1 Å². The predicted octanol–water partition coefficient (Wildman–Crippen LogP) is 1.27. The van der Waals surface area contributed by atoms with Crippen LogP contribution in [-0.4, -0.2) is 34.3 Å². The molecule has 1 unspecified atom stereocenters. The second-order valence-electron chi connectivity index (χ2n) is 5.00. The molecule has 1 aliphatic heterocycles. The maximum atomic E-state index is 12.4. The van der Waals surface area contributed by atoms with Crippen molar-refractivity contribution in [1.29, 1.82) is 0 Å². The number of aryl methyl sites for hydroxylation is 1. The van der Waals surface area contributed by atoms with Gasteiger partial charge in [0.2, 0.25) is 11.8 Å². The van der Waals surface area contributed by atoms with Crippen molar-refractivity contribution in [3.8, 4) is 0 Å². The van der Waals surface area contributed by atoms with E-state index in [1.807, 2.05) is 19.1 Å². The van der Waals surface area contributed by atoms with Crippen LogP contribution in [0.5, 0.6) is 0 Å². The fraction of sp³-hybridized carbons (Fsp3) is 0.533. The van der Waals surface area contributed by atoms with Gasteiger partial charge in [-0.3, -0.25) is 14.6 Å². The Morgan fingerprint density at radius 2 is 2.20 bits per heavy atom. The van der Waals surface area contributed by atoms with Gasteiger partial charge in [-0.25, -0.2) is 0 Å². The zero-order valence-corrected chi connectivity index (χ0v) is 12.1. The summed E-state index contributed by atoms with van der Waals surface area (Å²) in [4.78, 5) is 30.1. The molecule has 2 amide bonds. The van der Waals surface area contributed by atoms with E-state index < -0.39 is 6.04 Å². The highest BCUT2D eigenvalue weighted by Gasteiger charge is 2.28. The molecule has 20 heavy (non-hydrogen) atoms. The van der Waals surface area contributed by atoms with Gasteiger partial charge >= 0.3 is 0 Å². The number of carbonyl (C=O) groups is 2. The van der Waals surface area contributed by atoms with Crippen LogP contribution in [0, 0.1) is 0 Å². The minimum Gasteiger partial charge on any atom is -0.344 e. The largest absolute Gasteiger partial charge is 0.344 e. The second kappa shape index (κ2) is 6.50. The number of rotatable bonds is 4. The minimum atomic E-state index is -0.404. The first-order chi connectivity index (χ1) is 9.65. The number of nitrogens with zero attached hydrogens (tertiary/aromatic N) is 2. The van der Waals surface area contributed by atoms with Crippen LogP contribution in [0.1, 0.15) is 37.9 Å². The average Bonchev–Trinajstić information content (AvgIpc) is 2.60. The van der Waals surface area contributed by atoms with Gasteiger partial charge in [-0.05, 0) is 24.5 Å². The molecule has 0 saturated carbocycles. The van der Waals surface area contributed by atoms with Crippen molar-refractivity contribution in [3.05, 3.63) is 29.6 Å². The van der Waals surface area contributed by atoms with Gasteiger partial charge in [0, 0.05) is 19.2 Å².